The van der Waals surface area contributed by atoms with Crippen LogP contribution in [0.3, 0.4) is 0 Å². The Morgan fingerprint density at radius 2 is 0.582 bits per heavy atom. The first-order valence-corrected chi connectivity index (χ1v) is 24.0. The number of ether oxygens (including phenoxy) is 13. The van der Waals surface area contributed by atoms with E-state index in [-0.39, 0.29) is 19.7 Å². The molecule has 0 spiro atoms. The molecule has 4 fully saturated rings. The van der Waals surface area contributed by atoms with Crippen LogP contribution in [0.1, 0.15) is 6.42 Å². The van der Waals surface area contributed by atoms with Crippen LogP contribution < -0.4 is 34.4 Å². The van der Waals surface area contributed by atoms with Crippen LogP contribution in [0.5, 0.6) is 0 Å². The minimum atomic E-state index is -5.08. The molecular weight excluding hydrogens is 1330 g/mol. The van der Waals surface area contributed by atoms with Crippen molar-refractivity contribution in [1.82, 2.24) is 0 Å². The maximum Gasteiger partial charge on any atom is 0.490 e. The summed E-state index contributed by atoms with van der Waals surface area (Å²) in [4.78, 5) is 53.4. The summed E-state index contributed by atoms with van der Waals surface area (Å²) in [7, 11) is 10.8. The first kappa shape index (κ1) is 90.0. The highest BCUT2D eigenvalue weighted by Gasteiger charge is 2.56. The zero-order chi connectivity index (χ0) is 72.5. The average Bonchev–Trinajstić information content (AvgIpc) is 1.79. The van der Waals surface area contributed by atoms with Gasteiger partial charge in [-0.3, -0.25) is 0 Å². The summed E-state index contributed by atoms with van der Waals surface area (Å²) in [5, 5.41) is 42.8. The van der Waals surface area contributed by atoms with Crippen LogP contribution >= 0.6 is 0 Å². The lowest BCUT2D eigenvalue weighted by Gasteiger charge is -2.49. The fourth-order valence-electron chi connectivity index (χ4n) is 7.51. The number of alkyl halides is 18. The smallest absolute Gasteiger partial charge is 0.475 e. The number of hydrogen-bond donors (Lipinski definition) is 12. The Morgan fingerprint density at radius 1 is 0.352 bits per heavy atom. The van der Waals surface area contributed by atoms with E-state index >= 15 is 0 Å². The molecule has 0 aromatic rings. The molecule has 0 unspecified atom stereocenters. The first-order valence-electron chi connectivity index (χ1n) is 24.0. The Hall–Kier alpha value is -5.20. The minimum Gasteiger partial charge on any atom is -0.475 e. The SMILES string of the molecule is COC[C@H]1O[C@@H](O[C@@H]2[C@@H](OC)[C@H](N)C[C@H](N)[C@H]2O[C@H]2O[C@H](CN)[C@@H](OC)[C@H](OC)[C@H]2N)[C@H](OC)[C@@H]1O[C@H]1O[C@@H](CN)[C@@H](OC)[C@H](OC)[C@H]1N.O=C(O)C(F)(F)F.O=C(O)C(F)(F)F.O=C(O)C(F)(F)F.O=C(O)C(F)(F)F.O=C(O)C(F)(F)F.O=C(O)C(F)(F)F. The van der Waals surface area contributed by atoms with E-state index in [0.29, 0.717) is 6.42 Å². The summed E-state index contributed by atoms with van der Waals surface area (Å²) in [6, 6.07) is -2.61. The largest absolute Gasteiger partial charge is 0.490 e. The van der Waals surface area contributed by atoms with Crippen molar-refractivity contribution in [3.8, 4) is 0 Å². The molecule has 3 aliphatic heterocycles. The molecule has 0 aromatic carbocycles. The number of halogens is 18. The van der Waals surface area contributed by atoms with E-state index < -0.39 is 189 Å². The number of aliphatic carboxylic acids is 6. The van der Waals surface area contributed by atoms with E-state index in [1.54, 1.807) is 21.3 Å². The molecule has 91 heavy (non-hydrogen) atoms. The van der Waals surface area contributed by atoms with E-state index in [4.69, 9.17) is 155 Å². The molecule has 540 valence electrons. The second-order valence-corrected chi connectivity index (χ2v) is 17.6. The highest BCUT2D eigenvalue weighted by Crippen LogP contribution is 2.37. The molecule has 1 aliphatic carbocycles. The van der Waals surface area contributed by atoms with Crippen LogP contribution in [-0.4, -0.2) is 289 Å². The van der Waals surface area contributed by atoms with Gasteiger partial charge in [0.25, 0.3) is 0 Å². The molecule has 0 amide bonds. The highest BCUT2D eigenvalue weighted by atomic mass is 19.4. The number of carboxylic acids is 6. The summed E-state index contributed by atoms with van der Waals surface area (Å²) >= 11 is 0. The van der Waals surface area contributed by atoms with Crippen molar-refractivity contribution in [2.75, 3.05) is 69.5 Å². The second-order valence-electron chi connectivity index (χ2n) is 17.6. The first-order chi connectivity index (χ1) is 41.2. The van der Waals surface area contributed by atoms with E-state index in [9.17, 15) is 79.0 Å². The number of methoxy groups -OCH3 is 7. The monoisotopic (exact) mass is 1400 g/mol. The highest BCUT2D eigenvalue weighted by molar-refractivity contribution is 5.74. The molecule has 31 nitrogen and oxygen atoms in total. The lowest BCUT2D eigenvalue weighted by Crippen LogP contribution is -2.69. The third kappa shape index (κ3) is 30.6. The molecule has 0 radical (unpaired) electrons. The molecule has 3 saturated heterocycles. The predicted octanol–water partition coefficient (Wildman–Crippen LogP) is -0.517. The van der Waals surface area contributed by atoms with Gasteiger partial charge in [-0.2, -0.15) is 79.0 Å². The molecule has 1 saturated carbocycles. The molecule has 18 N–H and O–H groups in total. The maximum absolute atomic E-state index is 10.6. The van der Waals surface area contributed by atoms with Crippen LogP contribution in [0.25, 0.3) is 0 Å². The Morgan fingerprint density at radius 3 is 0.813 bits per heavy atom. The van der Waals surface area contributed by atoms with Crippen LogP contribution in [0.2, 0.25) is 0 Å². The third-order valence-corrected chi connectivity index (χ3v) is 11.4. The molecule has 0 bridgehead atoms. The molecule has 4 rings (SSSR count). The van der Waals surface area contributed by atoms with Gasteiger partial charge in [-0.1, -0.05) is 0 Å². The number of nitrogens with two attached hydrogens (primary N) is 6. The van der Waals surface area contributed by atoms with Gasteiger partial charge in [0.1, 0.15) is 73.2 Å². The van der Waals surface area contributed by atoms with Crippen molar-refractivity contribution in [2.45, 2.75) is 160 Å². The van der Waals surface area contributed by atoms with Gasteiger partial charge in [-0.05, 0) is 6.42 Å². The van der Waals surface area contributed by atoms with E-state index in [2.05, 4.69) is 0 Å². The van der Waals surface area contributed by atoms with Crippen molar-refractivity contribution in [3.05, 3.63) is 0 Å². The Labute approximate surface area is 499 Å². The number of hydrogen-bond acceptors (Lipinski definition) is 25. The van der Waals surface area contributed by atoms with Gasteiger partial charge < -0.3 is 127 Å². The van der Waals surface area contributed by atoms with Crippen molar-refractivity contribution in [3.63, 3.8) is 0 Å². The van der Waals surface area contributed by atoms with Crippen LogP contribution in [0.4, 0.5) is 79.0 Å². The fraction of sp³-hybridized carbons (Fsp3) is 0.857. The van der Waals surface area contributed by atoms with Gasteiger partial charge in [0.05, 0.1) is 18.7 Å². The normalized spacial score (nSPS) is 31.0. The van der Waals surface area contributed by atoms with Crippen LogP contribution in [0.15, 0.2) is 0 Å². The van der Waals surface area contributed by atoms with Crippen LogP contribution in [0, 0.1) is 0 Å². The maximum atomic E-state index is 10.6. The van der Waals surface area contributed by atoms with Crippen molar-refractivity contribution >= 4 is 35.8 Å². The number of rotatable bonds is 16. The van der Waals surface area contributed by atoms with E-state index in [1.807, 2.05) is 0 Å². The Kier molecular flexibility index (Phi) is 39.1. The van der Waals surface area contributed by atoms with E-state index in [0.717, 1.165) is 0 Å². The number of carbonyl (C=O) groups is 6. The predicted molar refractivity (Wildman–Crippen MR) is 254 cm³/mol. The Bertz CT molecular complexity index is 1990. The summed E-state index contributed by atoms with van der Waals surface area (Å²) in [5.74, 6) is -16.5. The van der Waals surface area contributed by atoms with Gasteiger partial charge in [-0.25, -0.2) is 28.8 Å². The third-order valence-electron chi connectivity index (χ3n) is 11.4. The average molecular weight is 1400 g/mol. The summed E-state index contributed by atoms with van der Waals surface area (Å²) in [6.07, 6.45) is -41.0. The summed E-state index contributed by atoms with van der Waals surface area (Å²) < 4.78 is 269. The summed E-state index contributed by atoms with van der Waals surface area (Å²) in [6.45, 7) is 0.411. The zero-order valence-electron chi connectivity index (χ0n) is 47.5. The molecule has 3 heterocycles. The van der Waals surface area contributed by atoms with Gasteiger partial charge in [0, 0.05) is 74.9 Å². The fourth-order valence-corrected chi connectivity index (χ4v) is 7.51. The van der Waals surface area contributed by atoms with Gasteiger partial charge >= 0.3 is 72.9 Å². The summed E-state index contributed by atoms with van der Waals surface area (Å²) in [5.41, 5.74) is 38.4. The van der Waals surface area contributed by atoms with Gasteiger partial charge in [0.2, 0.25) is 0 Å². The van der Waals surface area contributed by atoms with Gasteiger partial charge in [-0.15, -0.1) is 0 Å². The standard InChI is InChI=1S/C30H60N6O13.6C2HF3O2/c1-37-11-16-23(48-29-18(36)25(42-6)22(40-4)15(10-32)45-29)27(43-7)30(46-16)49-26-19(38-2)12(33)8-13(34)20(26)47-28-17(35)24(41-5)21(39-3)14(9-31)44-28;6*3-2(4,5)1(6)7/h12-30H,8-11,31-36H2,1-7H3;6*(H,6,7)/t12-,13+,14-,15+,16-,17-,18-,19+,20-,21-,22-,23-,24-,25-,26-,27-,28-,29-,30+;;;;;;/m1....../s1. The minimum absolute atomic E-state index is 0.128. The van der Waals surface area contributed by atoms with Gasteiger partial charge in [0.15, 0.2) is 18.9 Å². The Balaban J connectivity index is -0.00000147. The molecule has 0 aromatic heterocycles. The molecule has 49 heteroatoms. The van der Waals surface area contributed by atoms with E-state index in [1.165, 1.54) is 28.4 Å². The van der Waals surface area contributed by atoms with Crippen LogP contribution in [-0.2, 0) is 90.3 Å². The quantitative estimate of drug-likeness (QED) is 0.0865. The zero-order valence-corrected chi connectivity index (χ0v) is 47.5. The lowest BCUT2D eigenvalue weighted by molar-refractivity contribution is -0.312. The lowest BCUT2D eigenvalue weighted by atomic mass is 9.84. The molecule has 4 aliphatic rings. The van der Waals surface area contributed by atoms with Crippen molar-refractivity contribution < 1.29 is 200 Å². The second kappa shape index (κ2) is 39.5. The topological polar surface area (TPSA) is 500 Å². The van der Waals surface area contributed by atoms with Crippen molar-refractivity contribution in [2.24, 2.45) is 34.4 Å². The molecule has 19 atom stereocenters. The van der Waals surface area contributed by atoms with Crippen molar-refractivity contribution in [1.29, 1.82) is 0 Å². The number of carboxylic acid groups (broad SMARTS) is 6. The molecular formula is C42H66F18N6O25.